The molecule has 0 saturated heterocycles. The van der Waals surface area contributed by atoms with E-state index in [-0.39, 0.29) is 11.9 Å². The highest BCUT2D eigenvalue weighted by atomic mass is 79.9. The van der Waals surface area contributed by atoms with Crippen LogP contribution in [-0.2, 0) is 0 Å². The Bertz CT molecular complexity index is 599. The fraction of sp³-hybridized carbons (Fsp3) is 0.235. The molecule has 0 aliphatic heterocycles. The van der Waals surface area contributed by atoms with Gasteiger partial charge in [-0.15, -0.1) is 0 Å². The van der Waals surface area contributed by atoms with Crippen molar-refractivity contribution < 1.29 is 9.69 Å². The lowest BCUT2D eigenvalue weighted by atomic mass is 10.1. The fourth-order valence-electron chi connectivity index (χ4n) is 2.22. The summed E-state index contributed by atoms with van der Waals surface area (Å²) in [4.78, 5) is 13.7. The number of halogens is 1. The minimum absolute atomic E-state index is 0.00248. The molecule has 1 amide bonds. The van der Waals surface area contributed by atoms with E-state index in [9.17, 15) is 4.79 Å². The van der Waals surface area contributed by atoms with Crippen LogP contribution in [0.4, 0.5) is 0 Å². The van der Waals surface area contributed by atoms with Crippen LogP contribution >= 0.6 is 15.9 Å². The number of carbonyl (C=O) groups excluding carboxylic acids is 1. The number of amides is 1. The molecule has 0 radical (unpaired) electrons. The number of hydrogen-bond donors (Lipinski definition) is 2. The highest BCUT2D eigenvalue weighted by Crippen LogP contribution is 2.14. The lowest BCUT2D eigenvalue weighted by Crippen LogP contribution is -3.06. The van der Waals surface area contributed by atoms with Crippen LogP contribution in [0.2, 0.25) is 0 Å². The fourth-order valence-corrected chi connectivity index (χ4v) is 2.62. The standard InChI is InChI=1S/C17H19BrN2O/c1-20(2)12-16(13-7-4-3-5-8-13)19-17(21)14-9-6-10-15(18)11-14/h3-11,16H,12H2,1-2H3,(H,19,21)/p+1/t16-/m0/s1. The van der Waals surface area contributed by atoms with E-state index in [1.807, 2.05) is 42.5 Å². The third-order valence-corrected chi connectivity index (χ3v) is 3.70. The minimum Gasteiger partial charge on any atom is -0.340 e. The van der Waals surface area contributed by atoms with Gasteiger partial charge in [0, 0.05) is 10.0 Å². The third-order valence-electron chi connectivity index (χ3n) is 3.21. The summed E-state index contributed by atoms with van der Waals surface area (Å²) in [6, 6.07) is 17.5. The van der Waals surface area contributed by atoms with E-state index in [0.29, 0.717) is 5.56 Å². The third kappa shape index (κ3) is 4.69. The van der Waals surface area contributed by atoms with Gasteiger partial charge < -0.3 is 10.2 Å². The molecule has 3 nitrogen and oxygen atoms in total. The van der Waals surface area contributed by atoms with Crippen molar-refractivity contribution in [1.29, 1.82) is 0 Å². The first kappa shape index (κ1) is 15.7. The second-order valence-electron chi connectivity index (χ2n) is 5.36. The average molecular weight is 348 g/mol. The molecule has 0 aliphatic rings. The molecule has 0 heterocycles. The van der Waals surface area contributed by atoms with Crippen molar-refractivity contribution in [3.05, 3.63) is 70.2 Å². The predicted molar refractivity (Wildman–Crippen MR) is 88.5 cm³/mol. The lowest BCUT2D eigenvalue weighted by molar-refractivity contribution is -0.860. The van der Waals surface area contributed by atoms with Gasteiger partial charge in [0.25, 0.3) is 5.91 Å². The van der Waals surface area contributed by atoms with Crippen molar-refractivity contribution >= 4 is 21.8 Å². The van der Waals surface area contributed by atoms with Crippen LogP contribution in [0.3, 0.4) is 0 Å². The molecular formula is C17H20BrN2O+. The Balaban J connectivity index is 2.17. The molecule has 2 aromatic rings. The van der Waals surface area contributed by atoms with Crippen molar-refractivity contribution in [2.45, 2.75) is 6.04 Å². The summed E-state index contributed by atoms with van der Waals surface area (Å²) in [7, 11) is 4.17. The molecule has 21 heavy (non-hydrogen) atoms. The summed E-state index contributed by atoms with van der Waals surface area (Å²) in [5.74, 6) is -0.0496. The molecular weight excluding hydrogens is 328 g/mol. The number of likely N-dealkylation sites (N-methyl/N-ethyl adjacent to an activating group) is 1. The summed E-state index contributed by atoms with van der Waals surface area (Å²) in [6.45, 7) is 0.837. The first-order chi connectivity index (χ1) is 10.1. The van der Waals surface area contributed by atoms with E-state index in [4.69, 9.17) is 0 Å². The highest BCUT2D eigenvalue weighted by Gasteiger charge is 2.18. The average Bonchev–Trinajstić information content (AvgIpc) is 2.47. The van der Waals surface area contributed by atoms with E-state index in [1.165, 1.54) is 4.90 Å². The quantitative estimate of drug-likeness (QED) is 0.852. The smallest absolute Gasteiger partial charge is 0.252 e. The number of benzene rings is 2. The first-order valence-electron chi connectivity index (χ1n) is 6.96. The van der Waals surface area contributed by atoms with E-state index in [2.05, 4.69) is 47.5 Å². The van der Waals surface area contributed by atoms with Crippen LogP contribution in [-0.4, -0.2) is 26.5 Å². The maximum Gasteiger partial charge on any atom is 0.252 e. The van der Waals surface area contributed by atoms with Crippen LogP contribution in [0, 0.1) is 0 Å². The van der Waals surface area contributed by atoms with Gasteiger partial charge in [-0.25, -0.2) is 0 Å². The first-order valence-corrected chi connectivity index (χ1v) is 7.76. The van der Waals surface area contributed by atoms with Gasteiger partial charge in [-0.1, -0.05) is 52.3 Å². The summed E-state index contributed by atoms with van der Waals surface area (Å²) in [5.41, 5.74) is 1.79. The lowest BCUT2D eigenvalue weighted by Gasteiger charge is -2.21. The van der Waals surface area contributed by atoms with Gasteiger partial charge in [-0.2, -0.15) is 0 Å². The van der Waals surface area contributed by atoms with Crippen LogP contribution < -0.4 is 10.2 Å². The number of rotatable bonds is 5. The summed E-state index contributed by atoms with van der Waals surface area (Å²) in [5, 5.41) is 3.13. The molecule has 0 fully saturated rings. The van der Waals surface area contributed by atoms with Crippen LogP contribution in [0.25, 0.3) is 0 Å². The SMILES string of the molecule is C[NH+](C)C[C@H](NC(=O)c1cccc(Br)c1)c1ccccc1. The van der Waals surface area contributed by atoms with Crippen molar-refractivity contribution in [2.24, 2.45) is 0 Å². The molecule has 2 rings (SSSR count). The topological polar surface area (TPSA) is 33.5 Å². The van der Waals surface area contributed by atoms with Gasteiger partial charge in [-0.3, -0.25) is 4.79 Å². The van der Waals surface area contributed by atoms with E-state index in [1.54, 1.807) is 0 Å². The second kappa shape index (κ2) is 7.38. The molecule has 2 N–H and O–H groups in total. The number of quaternary nitrogens is 1. The maximum absolute atomic E-state index is 12.4. The highest BCUT2D eigenvalue weighted by molar-refractivity contribution is 9.10. The number of carbonyl (C=O) groups is 1. The van der Waals surface area contributed by atoms with Crippen molar-refractivity contribution in [2.75, 3.05) is 20.6 Å². The van der Waals surface area contributed by atoms with Crippen molar-refractivity contribution in [3.8, 4) is 0 Å². The van der Waals surface area contributed by atoms with Gasteiger partial charge in [0.15, 0.2) is 0 Å². The Morgan fingerprint density at radius 2 is 1.86 bits per heavy atom. The van der Waals surface area contributed by atoms with E-state index >= 15 is 0 Å². The van der Waals surface area contributed by atoms with E-state index in [0.717, 1.165) is 16.6 Å². The summed E-state index contributed by atoms with van der Waals surface area (Å²) in [6.07, 6.45) is 0. The van der Waals surface area contributed by atoms with Gasteiger partial charge in [0.05, 0.1) is 14.1 Å². The Hall–Kier alpha value is -1.65. The molecule has 0 aromatic heterocycles. The summed E-state index contributed by atoms with van der Waals surface area (Å²) < 4.78 is 0.907. The predicted octanol–water partition coefficient (Wildman–Crippen LogP) is 2.06. The Morgan fingerprint density at radius 1 is 1.14 bits per heavy atom. The zero-order valence-electron chi connectivity index (χ0n) is 12.3. The largest absolute Gasteiger partial charge is 0.340 e. The Labute approximate surface area is 134 Å². The van der Waals surface area contributed by atoms with Crippen molar-refractivity contribution in [3.63, 3.8) is 0 Å². The molecule has 4 heteroatoms. The molecule has 2 aromatic carbocycles. The summed E-state index contributed by atoms with van der Waals surface area (Å²) >= 11 is 3.40. The zero-order valence-corrected chi connectivity index (χ0v) is 13.9. The van der Waals surface area contributed by atoms with Crippen molar-refractivity contribution in [1.82, 2.24) is 5.32 Å². The molecule has 0 unspecified atom stereocenters. The number of hydrogen-bond acceptors (Lipinski definition) is 1. The molecule has 1 atom stereocenters. The van der Waals surface area contributed by atoms with Crippen LogP contribution in [0.5, 0.6) is 0 Å². The Kier molecular flexibility index (Phi) is 5.53. The van der Waals surface area contributed by atoms with Gasteiger partial charge >= 0.3 is 0 Å². The number of nitrogens with one attached hydrogen (secondary N) is 2. The Morgan fingerprint density at radius 3 is 2.48 bits per heavy atom. The molecule has 0 saturated carbocycles. The monoisotopic (exact) mass is 347 g/mol. The normalized spacial score (nSPS) is 12.2. The maximum atomic E-state index is 12.4. The molecule has 0 aliphatic carbocycles. The van der Waals surface area contributed by atoms with Gasteiger partial charge in [0.1, 0.15) is 12.6 Å². The van der Waals surface area contributed by atoms with Gasteiger partial charge in [-0.05, 0) is 23.8 Å². The zero-order chi connectivity index (χ0) is 15.2. The second-order valence-corrected chi connectivity index (χ2v) is 6.27. The minimum atomic E-state index is -0.0496. The van der Waals surface area contributed by atoms with Gasteiger partial charge in [0.2, 0.25) is 0 Å². The molecule has 0 spiro atoms. The molecule has 110 valence electrons. The van der Waals surface area contributed by atoms with Crippen LogP contribution in [0.15, 0.2) is 59.1 Å². The molecule has 0 bridgehead atoms. The van der Waals surface area contributed by atoms with Crippen LogP contribution in [0.1, 0.15) is 22.0 Å². The van der Waals surface area contributed by atoms with E-state index < -0.39 is 0 Å².